The molecule has 21 heavy (non-hydrogen) atoms. The van der Waals surface area contributed by atoms with E-state index in [1.165, 1.54) is 18.4 Å². The van der Waals surface area contributed by atoms with Crippen molar-refractivity contribution in [2.45, 2.75) is 44.9 Å². The Kier molecular flexibility index (Phi) is 3.52. The van der Waals surface area contributed by atoms with E-state index in [1.54, 1.807) is 0 Å². The lowest BCUT2D eigenvalue weighted by Crippen LogP contribution is -2.10. The third-order valence-corrected chi connectivity index (χ3v) is 4.69. The highest BCUT2D eigenvalue weighted by atomic mass is 79.9. The van der Waals surface area contributed by atoms with Crippen molar-refractivity contribution >= 4 is 21.7 Å². The lowest BCUT2D eigenvalue weighted by atomic mass is 9.87. The van der Waals surface area contributed by atoms with Crippen molar-refractivity contribution in [3.63, 3.8) is 0 Å². The predicted octanol–water partition coefficient (Wildman–Crippen LogP) is 4.66. The maximum Gasteiger partial charge on any atom is 0.161 e. The summed E-state index contributed by atoms with van der Waals surface area (Å²) in [5.41, 5.74) is 9.55. The van der Waals surface area contributed by atoms with Gasteiger partial charge in [0.1, 0.15) is 5.82 Å². The van der Waals surface area contributed by atoms with Crippen LogP contribution in [0.2, 0.25) is 0 Å². The van der Waals surface area contributed by atoms with Gasteiger partial charge in [-0.3, -0.25) is 0 Å². The molecule has 0 spiro atoms. The lowest BCUT2D eigenvalue weighted by molar-refractivity contribution is 0.590. The number of halogens is 1. The molecule has 3 nitrogen and oxygen atoms in total. The summed E-state index contributed by atoms with van der Waals surface area (Å²) < 4.78 is 0.861. The SMILES string of the molecule is CC(C)(C)c1ccc(-c2nc(N)c(Br)c(C3CC3)n2)cc1. The number of aromatic nitrogens is 2. The number of hydrogen-bond acceptors (Lipinski definition) is 3. The number of nitrogens with zero attached hydrogens (tertiary/aromatic N) is 2. The van der Waals surface area contributed by atoms with Gasteiger partial charge in [0.2, 0.25) is 0 Å². The Morgan fingerprint density at radius 3 is 2.24 bits per heavy atom. The summed E-state index contributed by atoms with van der Waals surface area (Å²) in [5, 5.41) is 0. The van der Waals surface area contributed by atoms with Crippen molar-refractivity contribution in [1.82, 2.24) is 9.97 Å². The monoisotopic (exact) mass is 345 g/mol. The quantitative estimate of drug-likeness (QED) is 0.860. The fraction of sp³-hybridized carbons (Fsp3) is 0.412. The molecule has 0 atom stereocenters. The fourth-order valence-electron chi connectivity index (χ4n) is 2.36. The molecule has 1 heterocycles. The minimum Gasteiger partial charge on any atom is -0.383 e. The van der Waals surface area contributed by atoms with E-state index in [9.17, 15) is 0 Å². The number of hydrogen-bond donors (Lipinski definition) is 1. The maximum absolute atomic E-state index is 6.03. The first-order chi connectivity index (χ1) is 9.86. The largest absolute Gasteiger partial charge is 0.383 e. The van der Waals surface area contributed by atoms with Gasteiger partial charge in [0, 0.05) is 11.5 Å². The molecule has 3 rings (SSSR count). The second-order valence-corrected chi connectivity index (χ2v) is 7.53. The van der Waals surface area contributed by atoms with E-state index < -0.39 is 0 Å². The Balaban J connectivity index is 2.00. The van der Waals surface area contributed by atoms with E-state index in [2.05, 4.69) is 66.0 Å². The summed E-state index contributed by atoms with van der Waals surface area (Å²) in [6.07, 6.45) is 2.38. The van der Waals surface area contributed by atoms with Gasteiger partial charge in [-0.15, -0.1) is 0 Å². The van der Waals surface area contributed by atoms with Crippen molar-refractivity contribution in [1.29, 1.82) is 0 Å². The summed E-state index contributed by atoms with van der Waals surface area (Å²) >= 11 is 3.52. The molecule has 0 saturated heterocycles. The third kappa shape index (κ3) is 2.95. The summed E-state index contributed by atoms with van der Waals surface area (Å²) in [5.74, 6) is 1.79. The van der Waals surface area contributed by atoms with Gasteiger partial charge in [-0.25, -0.2) is 9.97 Å². The van der Waals surface area contributed by atoms with Crippen molar-refractivity contribution in [3.8, 4) is 11.4 Å². The van der Waals surface area contributed by atoms with E-state index in [4.69, 9.17) is 10.7 Å². The van der Waals surface area contributed by atoms with Crippen LogP contribution in [-0.2, 0) is 5.41 Å². The molecule has 110 valence electrons. The molecule has 1 saturated carbocycles. The highest BCUT2D eigenvalue weighted by molar-refractivity contribution is 9.10. The zero-order chi connectivity index (χ0) is 15.2. The Morgan fingerprint density at radius 2 is 1.71 bits per heavy atom. The Hall–Kier alpha value is -1.42. The molecule has 0 unspecified atom stereocenters. The summed E-state index contributed by atoms with van der Waals surface area (Å²) in [6.45, 7) is 6.63. The number of nitrogens with two attached hydrogens (primary N) is 1. The number of nitrogen functional groups attached to an aromatic ring is 1. The van der Waals surface area contributed by atoms with Crippen LogP contribution in [0.15, 0.2) is 28.7 Å². The zero-order valence-corrected chi connectivity index (χ0v) is 14.2. The molecule has 4 heteroatoms. The number of rotatable bonds is 2. The molecule has 1 aromatic carbocycles. The third-order valence-electron chi connectivity index (χ3n) is 3.88. The van der Waals surface area contributed by atoms with Crippen molar-refractivity contribution in [2.24, 2.45) is 0 Å². The Labute approximate surface area is 134 Å². The first-order valence-electron chi connectivity index (χ1n) is 7.30. The van der Waals surface area contributed by atoms with E-state index >= 15 is 0 Å². The van der Waals surface area contributed by atoms with Crippen molar-refractivity contribution in [2.75, 3.05) is 5.73 Å². The van der Waals surface area contributed by atoms with Crippen LogP contribution in [-0.4, -0.2) is 9.97 Å². The minimum absolute atomic E-state index is 0.150. The molecule has 0 radical (unpaired) electrons. The van der Waals surface area contributed by atoms with Crippen LogP contribution in [0.25, 0.3) is 11.4 Å². The van der Waals surface area contributed by atoms with Crippen LogP contribution in [0.1, 0.15) is 50.8 Å². The van der Waals surface area contributed by atoms with Crippen LogP contribution in [0.5, 0.6) is 0 Å². The lowest BCUT2D eigenvalue weighted by Gasteiger charge is -2.19. The van der Waals surface area contributed by atoms with Gasteiger partial charge in [-0.1, -0.05) is 45.0 Å². The zero-order valence-electron chi connectivity index (χ0n) is 12.7. The van der Waals surface area contributed by atoms with Crippen LogP contribution in [0, 0.1) is 0 Å². The van der Waals surface area contributed by atoms with E-state index in [1.807, 2.05) is 0 Å². The summed E-state index contributed by atoms with van der Waals surface area (Å²) in [7, 11) is 0. The minimum atomic E-state index is 0.150. The van der Waals surface area contributed by atoms with Crippen LogP contribution < -0.4 is 5.73 Å². The van der Waals surface area contributed by atoms with Gasteiger partial charge < -0.3 is 5.73 Å². The molecule has 1 aromatic heterocycles. The van der Waals surface area contributed by atoms with Crippen LogP contribution in [0.3, 0.4) is 0 Å². The summed E-state index contributed by atoms with van der Waals surface area (Å²) in [6, 6.07) is 8.46. The van der Waals surface area contributed by atoms with Crippen LogP contribution in [0.4, 0.5) is 5.82 Å². The molecule has 2 N–H and O–H groups in total. The fourth-order valence-corrected chi connectivity index (χ4v) is 2.86. The average Bonchev–Trinajstić information content (AvgIpc) is 3.25. The van der Waals surface area contributed by atoms with Crippen molar-refractivity contribution in [3.05, 3.63) is 40.0 Å². The molecule has 2 aromatic rings. The second-order valence-electron chi connectivity index (χ2n) is 6.73. The molecule has 1 aliphatic carbocycles. The molecule has 0 aliphatic heterocycles. The Morgan fingerprint density at radius 1 is 1.10 bits per heavy atom. The summed E-state index contributed by atoms with van der Waals surface area (Å²) in [4.78, 5) is 9.14. The highest BCUT2D eigenvalue weighted by Gasteiger charge is 2.29. The van der Waals surface area contributed by atoms with Gasteiger partial charge in [0.25, 0.3) is 0 Å². The highest BCUT2D eigenvalue weighted by Crippen LogP contribution is 2.44. The molecule has 1 fully saturated rings. The molecular weight excluding hydrogens is 326 g/mol. The Bertz CT molecular complexity index is 668. The van der Waals surface area contributed by atoms with Gasteiger partial charge in [-0.05, 0) is 39.8 Å². The normalized spacial score (nSPS) is 15.2. The average molecular weight is 346 g/mol. The number of benzene rings is 1. The van der Waals surface area contributed by atoms with Crippen molar-refractivity contribution < 1.29 is 0 Å². The maximum atomic E-state index is 6.03. The topological polar surface area (TPSA) is 51.8 Å². The van der Waals surface area contributed by atoms with Gasteiger partial charge in [-0.2, -0.15) is 0 Å². The molecular formula is C17H20BrN3. The van der Waals surface area contributed by atoms with Crippen LogP contribution >= 0.6 is 15.9 Å². The van der Waals surface area contributed by atoms with E-state index in [0.29, 0.717) is 11.7 Å². The predicted molar refractivity (Wildman–Crippen MR) is 90.3 cm³/mol. The first-order valence-corrected chi connectivity index (χ1v) is 8.09. The van der Waals surface area contributed by atoms with Gasteiger partial charge in [0.15, 0.2) is 5.82 Å². The molecule has 0 bridgehead atoms. The first kappa shape index (κ1) is 14.5. The number of anilines is 1. The smallest absolute Gasteiger partial charge is 0.161 e. The van der Waals surface area contributed by atoms with E-state index in [0.717, 1.165) is 21.6 Å². The van der Waals surface area contributed by atoms with Gasteiger partial charge in [0.05, 0.1) is 10.2 Å². The molecule has 0 amide bonds. The second kappa shape index (κ2) is 5.09. The van der Waals surface area contributed by atoms with Gasteiger partial charge >= 0.3 is 0 Å². The standard InChI is InChI=1S/C17H20BrN3/c1-17(2,3)12-8-6-11(7-9-12)16-20-14(10-4-5-10)13(18)15(19)21-16/h6-10H,4-5H2,1-3H3,(H2,19,20,21). The van der Waals surface area contributed by atoms with E-state index in [-0.39, 0.29) is 5.41 Å². The molecule has 1 aliphatic rings.